The van der Waals surface area contributed by atoms with Gasteiger partial charge in [0.15, 0.2) is 0 Å². The van der Waals surface area contributed by atoms with Crippen LogP contribution in [-0.2, 0) is 4.79 Å². The first-order valence-corrected chi connectivity index (χ1v) is 6.89. The molecule has 1 aromatic carbocycles. The molecule has 108 valence electrons. The highest BCUT2D eigenvalue weighted by atomic mass is 127. The van der Waals surface area contributed by atoms with Crippen molar-refractivity contribution >= 4 is 40.3 Å². The number of rotatable bonds is 2. The third-order valence-corrected chi connectivity index (χ3v) is 4.09. The number of nitrogens with one attached hydrogen (secondary N) is 1. The predicted molar refractivity (Wildman–Crippen MR) is 75.4 cm³/mol. The molecule has 0 aliphatic carbocycles. The van der Waals surface area contributed by atoms with Crippen molar-refractivity contribution in [3.8, 4) is 0 Å². The van der Waals surface area contributed by atoms with E-state index in [1.54, 1.807) is 0 Å². The molecule has 0 radical (unpaired) electrons. The van der Waals surface area contributed by atoms with Crippen molar-refractivity contribution < 1.29 is 23.5 Å². The molecule has 8 heteroatoms. The molecule has 1 aromatic rings. The van der Waals surface area contributed by atoms with Gasteiger partial charge in [-0.1, -0.05) is 0 Å². The van der Waals surface area contributed by atoms with Crippen molar-refractivity contribution in [1.29, 1.82) is 0 Å². The summed E-state index contributed by atoms with van der Waals surface area (Å²) in [6.45, 7) is 0.397. The second-order valence-electron chi connectivity index (χ2n) is 4.45. The summed E-state index contributed by atoms with van der Waals surface area (Å²) in [5.41, 5.74) is 0.00388. The van der Waals surface area contributed by atoms with Crippen molar-refractivity contribution in [3.05, 3.63) is 27.3 Å². The van der Waals surface area contributed by atoms with Gasteiger partial charge in [-0.3, -0.25) is 4.79 Å². The van der Waals surface area contributed by atoms with Crippen LogP contribution in [0.4, 0.5) is 19.3 Å². The highest BCUT2D eigenvalue weighted by Crippen LogP contribution is 2.22. The third kappa shape index (κ3) is 3.17. The Balaban J connectivity index is 2.04. The number of nitrogens with zero attached hydrogens (tertiary/aromatic N) is 1. The van der Waals surface area contributed by atoms with E-state index in [0.717, 1.165) is 12.1 Å². The Bertz CT molecular complexity index is 545. The van der Waals surface area contributed by atoms with Gasteiger partial charge in [0.25, 0.3) is 0 Å². The summed E-state index contributed by atoms with van der Waals surface area (Å²) in [5.74, 6) is -3.06. The maximum atomic E-state index is 13.3. The molecule has 0 bridgehead atoms. The second-order valence-corrected chi connectivity index (χ2v) is 5.53. The molecule has 0 saturated carbocycles. The summed E-state index contributed by atoms with van der Waals surface area (Å²) in [6, 6.07) is 1.48. The van der Waals surface area contributed by atoms with Gasteiger partial charge in [-0.15, -0.1) is 0 Å². The number of carboxylic acids is 1. The number of anilines is 1. The first-order valence-electron chi connectivity index (χ1n) is 5.81. The van der Waals surface area contributed by atoms with E-state index in [0.29, 0.717) is 13.0 Å². The average molecular weight is 396 g/mol. The number of aliphatic carboxylic acids is 1. The number of benzene rings is 1. The number of hydrogen-bond donors (Lipinski definition) is 2. The molecule has 1 heterocycles. The van der Waals surface area contributed by atoms with Crippen molar-refractivity contribution in [2.75, 3.05) is 18.4 Å². The molecule has 0 spiro atoms. The van der Waals surface area contributed by atoms with Crippen molar-refractivity contribution in [2.45, 2.75) is 6.42 Å². The number of carbonyl (C=O) groups excluding carboxylic acids is 1. The van der Waals surface area contributed by atoms with Gasteiger partial charge in [-0.25, -0.2) is 13.6 Å². The van der Waals surface area contributed by atoms with Crippen molar-refractivity contribution in [1.82, 2.24) is 4.90 Å². The summed E-state index contributed by atoms with van der Waals surface area (Å²) in [6.07, 6.45) is 0.373. The van der Waals surface area contributed by atoms with Crippen molar-refractivity contribution in [2.24, 2.45) is 5.92 Å². The monoisotopic (exact) mass is 396 g/mol. The second kappa shape index (κ2) is 5.90. The lowest BCUT2D eigenvalue weighted by Gasteiger charge is -2.17. The Morgan fingerprint density at radius 2 is 1.95 bits per heavy atom. The fourth-order valence-corrected chi connectivity index (χ4v) is 2.29. The molecule has 1 saturated heterocycles. The van der Waals surface area contributed by atoms with Crippen LogP contribution in [0.3, 0.4) is 0 Å². The van der Waals surface area contributed by atoms with Gasteiger partial charge in [0.1, 0.15) is 11.6 Å². The molecule has 2 amide bonds. The molecule has 1 atom stereocenters. The average Bonchev–Trinajstić information content (AvgIpc) is 2.85. The number of carboxylic acid groups (broad SMARTS) is 1. The van der Waals surface area contributed by atoms with Crippen LogP contribution in [0.5, 0.6) is 0 Å². The molecular weight excluding hydrogens is 385 g/mol. The summed E-state index contributed by atoms with van der Waals surface area (Å²) >= 11 is 1.53. The van der Waals surface area contributed by atoms with Crippen LogP contribution in [0.1, 0.15) is 6.42 Å². The van der Waals surface area contributed by atoms with Crippen LogP contribution >= 0.6 is 22.6 Å². The molecular formula is C12H11F2IN2O3. The Hall–Kier alpha value is -1.45. The first-order chi connectivity index (χ1) is 9.38. The van der Waals surface area contributed by atoms with Crippen molar-refractivity contribution in [3.63, 3.8) is 0 Å². The normalized spacial score (nSPS) is 18.1. The van der Waals surface area contributed by atoms with Crippen LogP contribution in [0.25, 0.3) is 0 Å². The first kappa shape index (κ1) is 14.9. The van der Waals surface area contributed by atoms with Gasteiger partial charge in [0.05, 0.1) is 9.49 Å². The predicted octanol–water partition coefficient (Wildman–Crippen LogP) is 2.51. The largest absolute Gasteiger partial charge is 0.481 e. The van der Waals surface area contributed by atoms with E-state index < -0.39 is 29.6 Å². The quantitative estimate of drug-likeness (QED) is 0.597. The standard InChI is InChI=1S/C12H11F2IN2O3/c13-8-3-7(4-9(14)10(8)15)16-12(20)17-2-1-6(5-17)11(18)19/h3-4,6H,1-2,5H2,(H,16,20)(H,18,19). The minimum atomic E-state index is -0.952. The number of amides is 2. The summed E-state index contributed by atoms with van der Waals surface area (Å²) in [7, 11) is 0. The Morgan fingerprint density at radius 3 is 2.45 bits per heavy atom. The van der Waals surface area contributed by atoms with E-state index in [9.17, 15) is 18.4 Å². The fourth-order valence-electron chi connectivity index (χ4n) is 1.98. The van der Waals surface area contributed by atoms with E-state index in [-0.39, 0.29) is 15.8 Å². The van der Waals surface area contributed by atoms with Gasteiger partial charge in [0, 0.05) is 18.8 Å². The zero-order chi connectivity index (χ0) is 14.9. The molecule has 1 fully saturated rings. The molecule has 0 aromatic heterocycles. The maximum absolute atomic E-state index is 13.3. The van der Waals surface area contributed by atoms with E-state index in [1.807, 2.05) is 0 Å². The van der Waals surface area contributed by atoms with E-state index in [1.165, 1.54) is 27.5 Å². The Labute approximate surface area is 127 Å². The van der Waals surface area contributed by atoms with Crippen LogP contribution < -0.4 is 5.32 Å². The summed E-state index contributed by atoms with van der Waals surface area (Å²) < 4.78 is 26.5. The number of hydrogen-bond acceptors (Lipinski definition) is 2. The van der Waals surface area contributed by atoms with E-state index in [4.69, 9.17) is 5.11 Å². The van der Waals surface area contributed by atoms with Crippen LogP contribution in [0.2, 0.25) is 0 Å². The minimum absolute atomic E-state index is 0.00388. The Kier molecular flexibility index (Phi) is 4.41. The third-order valence-electron chi connectivity index (χ3n) is 3.06. The van der Waals surface area contributed by atoms with Gasteiger partial charge < -0.3 is 15.3 Å². The SMILES string of the molecule is O=C(O)C1CCN(C(=O)Nc2cc(F)c(I)c(F)c2)C1. The molecule has 2 rings (SSSR count). The zero-order valence-corrected chi connectivity index (χ0v) is 12.4. The minimum Gasteiger partial charge on any atom is -0.481 e. The molecule has 2 N–H and O–H groups in total. The fraction of sp³-hybridized carbons (Fsp3) is 0.333. The van der Waals surface area contributed by atoms with Crippen LogP contribution in [-0.4, -0.2) is 35.1 Å². The topological polar surface area (TPSA) is 69.6 Å². The van der Waals surface area contributed by atoms with Gasteiger partial charge in [-0.05, 0) is 41.1 Å². The lowest BCUT2D eigenvalue weighted by molar-refractivity contribution is -0.141. The van der Waals surface area contributed by atoms with Gasteiger partial charge in [-0.2, -0.15) is 0 Å². The summed E-state index contributed by atoms with van der Waals surface area (Å²) in [5, 5.41) is 11.2. The molecule has 1 aliphatic rings. The number of carbonyl (C=O) groups is 2. The number of halogens is 3. The van der Waals surface area contributed by atoms with Gasteiger partial charge >= 0.3 is 12.0 Å². The highest BCUT2D eigenvalue weighted by Gasteiger charge is 2.30. The Morgan fingerprint density at radius 1 is 1.35 bits per heavy atom. The smallest absolute Gasteiger partial charge is 0.321 e. The molecule has 20 heavy (non-hydrogen) atoms. The van der Waals surface area contributed by atoms with E-state index >= 15 is 0 Å². The lowest BCUT2D eigenvalue weighted by atomic mass is 10.1. The van der Waals surface area contributed by atoms with Gasteiger partial charge in [0.2, 0.25) is 0 Å². The number of likely N-dealkylation sites (tertiary alicyclic amines) is 1. The van der Waals surface area contributed by atoms with E-state index in [2.05, 4.69) is 5.32 Å². The lowest BCUT2D eigenvalue weighted by Crippen LogP contribution is -2.33. The van der Waals surface area contributed by atoms with Crippen LogP contribution in [0, 0.1) is 21.1 Å². The molecule has 1 aliphatic heterocycles. The maximum Gasteiger partial charge on any atom is 0.321 e. The summed E-state index contributed by atoms with van der Waals surface area (Å²) in [4.78, 5) is 24.0. The van der Waals surface area contributed by atoms with Crippen LogP contribution in [0.15, 0.2) is 12.1 Å². The highest BCUT2D eigenvalue weighted by molar-refractivity contribution is 14.1. The molecule has 5 nitrogen and oxygen atoms in total. The zero-order valence-electron chi connectivity index (χ0n) is 10.2. The molecule has 1 unspecified atom stereocenters. The number of urea groups is 1.